The summed E-state index contributed by atoms with van der Waals surface area (Å²) in [6.07, 6.45) is 4.08. The number of rotatable bonds is 4. The molecule has 0 saturated heterocycles. The Kier molecular flexibility index (Phi) is 37.2. The molecule has 0 heterocycles. The van der Waals surface area contributed by atoms with Gasteiger partial charge in [0.1, 0.15) is 0 Å². The summed E-state index contributed by atoms with van der Waals surface area (Å²) in [7, 11) is -3.22. The van der Waals surface area contributed by atoms with Crippen LogP contribution in [0, 0.1) is 0 Å². The maximum atomic E-state index is 8.66. The van der Waals surface area contributed by atoms with Crippen molar-refractivity contribution >= 4 is 16.6 Å². The molecule has 0 aliphatic carbocycles. The van der Waals surface area contributed by atoms with Crippen molar-refractivity contribution in [3.63, 3.8) is 0 Å². The Bertz CT molecular complexity index is 126. The van der Waals surface area contributed by atoms with Crippen LogP contribution in [0.1, 0.15) is 39.5 Å². The van der Waals surface area contributed by atoms with Crippen molar-refractivity contribution in [3.8, 4) is 0 Å². The second kappa shape index (κ2) is 23.3. The largest absolute Gasteiger partial charge is 0.433 e. The molecule has 0 spiro atoms. The Morgan fingerprint density at radius 3 is 0.762 bits per heavy atom. The van der Waals surface area contributed by atoms with Crippen molar-refractivity contribution in [2.24, 2.45) is 0 Å². The van der Waals surface area contributed by atoms with Crippen LogP contribution in [-0.4, -0.2) is 49.7 Å². The molecule has 4 N–H and O–H groups in total. The molecule has 0 fully saturated rings. The smallest absolute Gasteiger partial charge is 0.179 e. The zero-order chi connectivity index (χ0) is 17.2. The van der Waals surface area contributed by atoms with E-state index in [0.29, 0.717) is 13.2 Å². The van der Waals surface area contributed by atoms with E-state index >= 15 is 0 Å². The van der Waals surface area contributed by atoms with Gasteiger partial charge in [0.2, 0.25) is 0 Å². The SMILES string of the molecule is CCCCO.CCCCO.C[Si](C)(C)O.C[Si](C)(C)O.[Ti]. The van der Waals surface area contributed by atoms with Crippen molar-refractivity contribution < 1.29 is 41.5 Å². The van der Waals surface area contributed by atoms with E-state index in [0.717, 1.165) is 25.7 Å². The van der Waals surface area contributed by atoms with Gasteiger partial charge in [0, 0.05) is 34.9 Å². The van der Waals surface area contributed by atoms with Crippen molar-refractivity contribution in [2.75, 3.05) is 13.2 Å². The van der Waals surface area contributed by atoms with Gasteiger partial charge >= 0.3 is 0 Å². The minimum Gasteiger partial charge on any atom is -0.433 e. The Labute approximate surface area is 150 Å². The topological polar surface area (TPSA) is 80.9 Å². The van der Waals surface area contributed by atoms with Crippen molar-refractivity contribution in [3.05, 3.63) is 0 Å². The molecule has 0 aliphatic heterocycles. The maximum Gasteiger partial charge on any atom is 0.179 e. The Hall–Kier alpha value is 0.988. The maximum absolute atomic E-state index is 8.66. The monoisotopic (exact) mass is 376 g/mol. The number of hydrogen-bond acceptors (Lipinski definition) is 4. The molecule has 0 saturated carbocycles. The van der Waals surface area contributed by atoms with E-state index in [9.17, 15) is 0 Å². The minimum atomic E-state index is -1.61. The summed E-state index contributed by atoms with van der Waals surface area (Å²) in [5, 5.41) is 16.1. The molecule has 0 radical (unpaired) electrons. The molecule has 0 rings (SSSR count). The molecule has 0 aromatic heterocycles. The van der Waals surface area contributed by atoms with E-state index in [-0.39, 0.29) is 21.7 Å². The molecule has 0 unspecified atom stereocenters. The fourth-order valence-electron chi connectivity index (χ4n) is 0.316. The minimum absolute atomic E-state index is 0. The van der Waals surface area contributed by atoms with Gasteiger partial charge in [-0.15, -0.1) is 0 Å². The molecule has 7 heteroatoms. The zero-order valence-corrected chi connectivity index (χ0v) is 19.1. The number of aliphatic hydroxyl groups excluding tert-OH is 2. The van der Waals surface area contributed by atoms with Gasteiger partial charge in [0.25, 0.3) is 0 Å². The summed E-state index contributed by atoms with van der Waals surface area (Å²) in [5.41, 5.74) is 0. The first-order chi connectivity index (χ1) is 8.83. The number of hydrogen-bond donors (Lipinski definition) is 4. The fourth-order valence-corrected chi connectivity index (χ4v) is 0.316. The van der Waals surface area contributed by atoms with Crippen molar-refractivity contribution in [2.45, 2.75) is 78.8 Å². The van der Waals surface area contributed by atoms with Gasteiger partial charge in [-0.2, -0.15) is 0 Å². The van der Waals surface area contributed by atoms with Gasteiger partial charge < -0.3 is 19.8 Å². The van der Waals surface area contributed by atoms with E-state index in [1.165, 1.54) is 0 Å². The first-order valence-electron chi connectivity index (χ1n) is 7.49. The summed E-state index contributed by atoms with van der Waals surface area (Å²) < 4.78 is 0. The van der Waals surface area contributed by atoms with E-state index < -0.39 is 16.6 Å². The average molecular weight is 377 g/mol. The predicted molar refractivity (Wildman–Crippen MR) is 95.1 cm³/mol. The molecule has 132 valence electrons. The van der Waals surface area contributed by atoms with Gasteiger partial charge in [-0.3, -0.25) is 0 Å². The van der Waals surface area contributed by atoms with Crippen LogP contribution in [0.3, 0.4) is 0 Å². The van der Waals surface area contributed by atoms with E-state index in [1.54, 1.807) is 0 Å². The van der Waals surface area contributed by atoms with Gasteiger partial charge in [0.15, 0.2) is 16.6 Å². The molecular formula is C14H40O4Si2Ti. The van der Waals surface area contributed by atoms with Gasteiger partial charge in [-0.25, -0.2) is 0 Å². The molecule has 4 nitrogen and oxygen atoms in total. The zero-order valence-electron chi connectivity index (χ0n) is 15.5. The number of unbranched alkanes of at least 4 members (excludes halogenated alkanes) is 2. The van der Waals surface area contributed by atoms with Gasteiger partial charge in [-0.05, 0) is 52.1 Å². The van der Waals surface area contributed by atoms with E-state index in [4.69, 9.17) is 19.8 Å². The third-order valence-corrected chi connectivity index (χ3v) is 1.02. The second-order valence-electron chi connectivity index (χ2n) is 6.50. The summed E-state index contributed by atoms with van der Waals surface area (Å²) in [5.74, 6) is 0. The van der Waals surface area contributed by atoms with Gasteiger partial charge in [-0.1, -0.05) is 26.7 Å². The first-order valence-corrected chi connectivity index (χ1v) is 14.4. The number of aliphatic hydroxyl groups is 2. The molecule has 21 heavy (non-hydrogen) atoms. The predicted octanol–water partition coefficient (Wildman–Crippen LogP) is 3.18. The van der Waals surface area contributed by atoms with E-state index in [2.05, 4.69) is 13.8 Å². The van der Waals surface area contributed by atoms with Crippen LogP contribution in [0.15, 0.2) is 0 Å². The van der Waals surface area contributed by atoms with Crippen LogP contribution in [0.2, 0.25) is 39.3 Å². The first kappa shape index (κ1) is 33.6. The average Bonchev–Trinajstić information content (AvgIpc) is 2.15. The van der Waals surface area contributed by atoms with Crippen molar-refractivity contribution in [1.29, 1.82) is 0 Å². The van der Waals surface area contributed by atoms with Crippen LogP contribution in [-0.2, 0) is 21.7 Å². The Balaban J connectivity index is -0.0000000533. The van der Waals surface area contributed by atoms with Gasteiger partial charge in [0.05, 0.1) is 0 Å². The Morgan fingerprint density at radius 2 is 0.762 bits per heavy atom. The van der Waals surface area contributed by atoms with Crippen LogP contribution < -0.4 is 0 Å². The summed E-state index contributed by atoms with van der Waals surface area (Å²) in [6.45, 7) is 16.1. The van der Waals surface area contributed by atoms with Crippen LogP contribution >= 0.6 is 0 Å². The molecule has 0 aliphatic rings. The molecule has 0 amide bonds. The Morgan fingerprint density at radius 1 is 0.619 bits per heavy atom. The van der Waals surface area contributed by atoms with Crippen LogP contribution in [0.25, 0.3) is 0 Å². The summed E-state index contributed by atoms with van der Waals surface area (Å²) in [4.78, 5) is 17.3. The van der Waals surface area contributed by atoms with Crippen LogP contribution in [0.5, 0.6) is 0 Å². The quantitative estimate of drug-likeness (QED) is 0.568. The van der Waals surface area contributed by atoms with Crippen LogP contribution in [0.4, 0.5) is 0 Å². The summed E-state index contributed by atoms with van der Waals surface area (Å²) >= 11 is 0. The molecular weight excluding hydrogens is 336 g/mol. The molecule has 0 bridgehead atoms. The fraction of sp³-hybridized carbons (Fsp3) is 1.00. The normalized spacial score (nSPS) is 9.71. The molecule has 0 aromatic carbocycles. The molecule has 0 aromatic rings. The standard InChI is InChI=1S/2C4H10O.2C3H10OSi.Ti/c2*1-2-3-4-5;2*1-5(2,3)4;/h2*5H,2-4H2,1H3;2*4H,1-3H3;. The van der Waals surface area contributed by atoms with Crippen molar-refractivity contribution in [1.82, 2.24) is 0 Å². The third kappa shape index (κ3) is 304. The second-order valence-corrected chi connectivity index (χ2v) is 15.2. The molecule has 0 atom stereocenters. The third-order valence-electron chi connectivity index (χ3n) is 1.02. The van der Waals surface area contributed by atoms with E-state index in [1.807, 2.05) is 39.3 Å². The summed E-state index contributed by atoms with van der Waals surface area (Å²) in [6, 6.07) is 0.